The van der Waals surface area contributed by atoms with Gasteiger partial charge < -0.3 is 14.5 Å². The van der Waals surface area contributed by atoms with Crippen molar-refractivity contribution in [3.63, 3.8) is 0 Å². The molecule has 0 radical (unpaired) electrons. The van der Waals surface area contributed by atoms with Crippen LogP contribution in [0.1, 0.15) is 0 Å². The monoisotopic (exact) mass is 473 g/mol. The molecule has 0 amide bonds. The lowest BCUT2D eigenvalue weighted by atomic mass is 10.3. The Hall–Kier alpha value is -1.27. The minimum absolute atomic E-state index is 0.372. The van der Waals surface area contributed by atoms with E-state index in [9.17, 15) is 8.42 Å². The molecule has 0 N–H and O–H groups in total. The van der Waals surface area contributed by atoms with Gasteiger partial charge in [0.1, 0.15) is 4.21 Å². The van der Waals surface area contributed by atoms with Crippen molar-refractivity contribution in [2.45, 2.75) is 4.21 Å². The molecular weight excluding hydrogens is 454 g/mol. The zero-order chi connectivity index (χ0) is 18.9. The lowest BCUT2D eigenvalue weighted by Gasteiger charge is -2.35. The largest absolute Gasteiger partial charge is 0.378 e. The van der Waals surface area contributed by atoms with Gasteiger partial charge >= 0.3 is 0 Å². The smallest absolute Gasteiger partial charge is 0.252 e. The molecule has 2 aromatic rings. The maximum absolute atomic E-state index is 12.8. The minimum Gasteiger partial charge on any atom is -0.378 e. The van der Waals surface area contributed by atoms with Gasteiger partial charge in [-0.3, -0.25) is 0 Å². The molecule has 27 heavy (non-hydrogen) atoms. The third-order valence-corrected chi connectivity index (χ3v) is 8.70. The van der Waals surface area contributed by atoms with Crippen LogP contribution in [0.15, 0.2) is 32.4 Å². The summed E-state index contributed by atoms with van der Waals surface area (Å²) in [7, 11) is -3.44. The van der Waals surface area contributed by atoms with E-state index in [1.54, 1.807) is 22.6 Å². The Morgan fingerprint density at radius 2 is 1.78 bits per heavy atom. The van der Waals surface area contributed by atoms with E-state index in [0.717, 1.165) is 28.4 Å². The number of anilines is 2. The first-order chi connectivity index (χ1) is 13.0. The fourth-order valence-corrected chi connectivity index (χ4v) is 6.80. The van der Waals surface area contributed by atoms with Gasteiger partial charge in [-0.05, 0) is 28.1 Å². The number of halogens is 1. The van der Waals surface area contributed by atoms with E-state index in [0.29, 0.717) is 43.6 Å². The lowest BCUT2D eigenvalue weighted by molar-refractivity contribution is 0.122. The summed E-state index contributed by atoms with van der Waals surface area (Å²) in [6, 6.07) is 5.44. The molecule has 146 valence electrons. The van der Waals surface area contributed by atoms with Gasteiger partial charge in [0.15, 0.2) is 5.82 Å². The summed E-state index contributed by atoms with van der Waals surface area (Å²) >= 11 is 4.57. The topological polar surface area (TPSA) is 78.9 Å². The first-order valence-corrected chi connectivity index (χ1v) is 11.7. The van der Waals surface area contributed by atoms with Gasteiger partial charge in [0.2, 0.25) is 0 Å². The average Bonchev–Trinajstić information content (AvgIpc) is 3.16. The third kappa shape index (κ3) is 4.11. The van der Waals surface area contributed by atoms with Crippen molar-refractivity contribution in [3.05, 3.63) is 28.2 Å². The highest BCUT2D eigenvalue weighted by Crippen LogP contribution is 2.29. The Morgan fingerprint density at radius 3 is 2.44 bits per heavy atom. The van der Waals surface area contributed by atoms with E-state index in [1.807, 2.05) is 6.07 Å². The molecule has 11 heteroatoms. The van der Waals surface area contributed by atoms with Crippen LogP contribution in [0.5, 0.6) is 0 Å². The second-order valence-corrected chi connectivity index (χ2v) is 10.9. The van der Waals surface area contributed by atoms with E-state index < -0.39 is 10.0 Å². The Bertz CT molecular complexity index is 893. The highest BCUT2D eigenvalue weighted by Gasteiger charge is 2.30. The molecule has 0 bridgehead atoms. The van der Waals surface area contributed by atoms with Gasteiger partial charge in [0.25, 0.3) is 10.0 Å². The summed E-state index contributed by atoms with van der Waals surface area (Å²) in [6.45, 7) is 5.16. The summed E-state index contributed by atoms with van der Waals surface area (Å²) in [4.78, 5) is 4.32. The van der Waals surface area contributed by atoms with Crippen LogP contribution in [0, 0.1) is 0 Å². The van der Waals surface area contributed by atoms with Gasteiger partial charge in [-0.25, -0.2) is 8.42 Å². The molecule has 2 aromatic heterocycles. The number of thiophene rings is 1. The van der Waals surface area contributed by atoms with E-state index in [-0.39, 0.29) is 0 Å². The van der Waals surface area contributed by atoms with Crippen molar-refractivity contribution in [2.75, 3.05) is 62.3 Å². The summed E-state index contributed by atoms with van der Waals surface area (Å²) in [6.07, 6.45) is 1.77. The highest BCUT2D eigenvalue weighted by molar-refractivity contribution is 9.11. The fourth-order valence-electron chi connectivity index (χ4n) is 3.22. The van der Waals surface area contributed by atoms with Gasteiger partial charge in [-0.1, -0.05) is 0 Å². The molecule has 2 saturated heterocycles. The van der Waals surface area contributed by atoms with Crippen LogP contribution in [-0.4, -0.2) is 75.4 Å². The zero-order valence-corrected chi connectivity index (χ0v) is 17.8. The van der Waals surface area contributed by atoms with Crippen LogP contribution < -0.4 is 9.80 Å². The number of hydrogen-bond acceptors (Lipinski definition) is 8. The average molecular weight is 474 g/mol. The van der Waals surface area contributed by atoms with Crippen molar-refractivity contribution in [1.82, 2.24) is 14.5 Å². The van der Waals surface area contributed by atoms with E-state index >= 15 is 0 Å². The second kappa shape index (κ2) is 8.00. The molecule has 2 aliphatic heterocycles. The molecule has 2 aliphatic rings. The maximum Gasteiger partial charge on any atom is 0.252 e. The van der Waals surface area contributed by atoms with E-state index in [4.69, 9.17) is 4.74 Å². The van der Waals surface area contributed by atoms with Crippen molar-refractivity contribution in [2.24, 2.45) is 0 Å². The molecule has 4 rings (SSSR count). The van der Waals surface area contributed by atoms with Crippen LogP contribution >= 0.6 is 27.3 Å². The van der Waals surface area contributed by atoms with Crippen molar-refractivity contribution >= 4 is 48.8 Å². The molecule has 0 saturated carbocycles. The normalized spacial score (nSPS) is 19.4. The van der Waals surface area contributed by atoms with Crippen molar-refractivity contribution < 1.29 is 13.2 Å². The zero-order valence-electron chi connectivity index (χ0n) is 14.6. The SMILES string of the molecule is O=S(=O)(c1ccc(Br)s1)N1CCN(c2cc(N3CCOCC3)cnn2)CC1. The minimum atomic E-state index is -3.44. The van der Waals surface area contributed by atoms with E-state index in [1.165, 1.54) is 11.3 Å². The van der Waals surface area contributed by atoms with Gasteiger partial charge in [0.05, 0.1) is 28.9 Å². The Morgan fingerprint density at radius 1 is 1.04 bits per heavy atom. The van der Waals surface area contributed by atoms with Gasteiger partial charge in [0, 0.05) is 45.3 Å². The number of aromatic nitrogens is 2. The number of ether oxygens (including phenoxy) is 1. The fraction of sp³-hybridized carbons (Fsp3) is 0.500. The second-order valence-electron chi connectivity index (χ2n) is 6.32. The van der Waals surface area contributed by atoms with Gasteiger partial charge in [-0.15, -0.1) is 16.4 Å². The summed E-state index contributed by atoms with van der Waals surface area (Å²) < 4.78 is 33.6. The van der Waals surface area contributed by atoms with Crippen LogP contribution in [-0.2, 0) is 14.8 Å². The third-order valence-electron chi connectivity index (χ3n) is 4.71. The van der Waals surface area contributed by atoms with Crippen LogP contribution in [0.3, 0.4) is 0 Å². The Labute approximate surface area is 170 Å². The highest BCUT2D eigenvalue weighted by atomic mass is 79.9. The number of hydrogen-bond donors (Lipinski definition) is 0. The maximum atomic E-state index is 12.8. The summed E-state index contributed by atoms with van der Waals surface area (Å²) in [5.41, 5.74) is 1.03. The van der Waals surface area contributed by atoms with Crippen LogP contribution in [0.4, 0.5) is 11.5 Å². The van der Waals surface area contributed by atoms with Crippen LogP contribution in [0.2, 0.25) is 0 Å². The number of rotatable bonds is 4. The molecule has 4 heterocycles. The van der Waals surface area contributed by atoms with Crippen molar-refractivity contribution in [1.29, 1.82) is 0 Å². The predicted octanol–water partition coefficient (Wildman–Crippen LogP) is 1.65. The standard InChI is InChI=1S/C16H20BrN5O3S2/c17-14-1-2-16(26-14)27(23,24)22-5-3-21(4-6-22)15-11-13(12-18-19-15)20-7-9-25-10-8-20/h1-2,11-12H,3-10H2. The molecule has 0 spiro atoms. The molecule has 0 unspecified atom stereocenters. The van der Waals surface area contributed by atoms with Crippen LogP contribution in [0.25, 0.3) is 0 Å². The lowest BCUT2D eigenvalue weighted by Crippen LogP contribution is -2.48. The molecular formula is C16H20BrN5O3S2. The Balaban J connectivity index is 1.43. The quantitative estimate of drug-likeness (QED) is 0.667. The molecule has 2 fully saturated rings. The molecule has 0 aliphatic carbocycles. The number of nitrogens with zero attached hydrogens (tertiary/aromatic N) is 5. The van der Waals surface area contributed by atoms with Gasteiger partial charge in [-0.2, -0.15) is 9.40 Å². The summed E-state index contributed by atoms with van der Waals surface area (Å²) in [5, 5.41) is 8.40. The number of sulfonamides is 1. The first-order valence-electron chi connectivity index (χ1n) is 8.70. The Kier molecular flexibility index (Phi) is 5.65. The number of piperazine rings is 1. The number of morpholine rings is 1. The van der Waals surface area contributed by atoms with E-state index in [2.05, 4.69) is 35.9 Å². The first kappa shape index (κ1) is 19.1. The molecule has 0 aromatic carbocycles. The molecule has 8 nitrogen and oxygen atoms in total. The summed E-state index contributed by atoms with van der Waals surface area (Å²) in [5.74, 6) is 0.787. The molecule has 0 atom stereocenters. The predicted molar refractivity (Wildman–Crippen MR) is 108 cm³/mol. The van der Waals surface area contributed by atoms with Crippen molar-refractivity contribution in [3.8, 4) is 0 Å².